The first kappa shape index (κ1) is 15.1. The zero-order chi connectivity index (χ0) is 16.6. The van der Waals surface area contributed by atoms with Crippen molar-refractivity contribution in [2.45, 2.75) is 6.18 Å². The number of hydrogen-bond acceptors (Lipinski definition) is 4. The lowest BCUT2D eigenvalue weighted by atomic mass is 10.2. The Morgan fingerprint density at radius 2 is 1.91 bits per heavy atom. The highest BCUT2D eigenvalue weighted by Gasteiger charge is 2.30. The van der Waals surface area contributed by atoms with Crippen LogP contribution in [0.3, 0.4) is 0 Å². The maximum absolute atomic E-state index is 12.8. The van der Waals surface area contributed by atoms with E-state index in [1.165, 1.54) is 12.3 Å². The molecule has 8 heteroatoms. The third-order valence-electron chi connectivity index (χ3n) is 3.27. The molecule has 120 valence electrons. The van der Waals surface area contributed by atoms with E-state index in [4.69, 9.17) is 0 Å². The monoisotopic (exact) mass is 321 g/mol. The Morgan fingerprint density at radius 1 is 1.13 bits per heavy atom. The number of halogens is 3. The van der Waals surface area contributed by atoms with Crippen molar-refractivity contribution in [1.82, 2.24) is 14.6 Å². The van der Waals surface area contributed by atoms with Gasteiger partial charge in [0.1, 0.15) is 5.82 Å². The fourth-order valence-corrected chi connectivity index (χ4v) is 2.11. The average Bonchev–Trinajstić information content (AvgIpc) is 2.89. The molecule has 0 spiro atoms. The number of aromatic nitrogens is 3. The Morgan fingerprint density at radius 3 is 2.61 bits per heavy atom. The Labute approximate surface area is 130 Å². The van der Waals surface area contributed by atoms with E-state index in [0.29, 0.717) is 23.0 Å². The molecule has 0 unspecified atom stereocenters. The first-order valence-electron chi connectivity index (χ1n) is 6.81. The predicted octanol–water partition coefficient (Wildman–Crippen LogP) is 3.56. The van der Waals surface area contributed by atoms with Crippen LogP contribution in [0.5, 0.6) is 0 Å². The molecular formula is C15H14F3N5. The van der Waals surface area contributed by atoms with Crippen molar-refractivity contribution in [2.75, 3.05) is 24.3 Å². The lowest BCUT2D eigenvalue weighted by molar-refractivity contribution is -0.137. The number of benzene rings is 1. The van der Waals surface area contributed by atoms with Gasteiger partial charge in [0.05, 0.1) is 11.8 Å². The fourth-order valence-electron chi connectivity index (χ4n) is 2.11. The second-order valence-electron chi connectivity index (χ2n) is 5.20. The van der Waals surface area contributed by atoms with E-state index in [1.54, 1.807) is 16.6 Å². The van der Waals surface area contributed by atoms with Crippen LogP contribution in [0.2, 0.25) is 0 Å². The summed E-state index contributed by atoms with van der Waals surface area (Å²) in [6.45, 7) is 0. The van der Waals surface area contributed by atoms with Crippen LogP contribution >= 0.6 is 0 Å². The van der Waals surface area contributed by atoms with E-state index >= 15 is 0 Å². The lowest BCUT2D eigenvalue weighted by Gasteiger charge is -2.12. The molecule has 0 aliphatic rings. The molecule has 0 saturated heterocycles. The first-order valence-corrected chi connectivity index (χ1v) is 6.81. The molecular weight excluding hydrogens is 307 g/mol. The number of alkyl halides is 3. The molecule has 0 saturated carbocycles. The third kappa shape index (κ3) is 3.05. The minimum absolute atomic E-state index is 0.318. The number of nitrogens with one attached hydrogen (secondary N) is 1. The van der Waals surface area contributed by atoms with Gasteiger partial charge in [-0.3, -0.25) is 0 Å². The summed E-state index contributed by atoms with van der Waals surface area (Å²) in [4.78, 5) is 6.01. The summed E-state index contributed by atoms with van der Waals surface area (Å²) < 4.78 is 39.9. The summed E-state index contributed by atoms with van der Waals surface area (Å²) in [5, 5.41) is 7.32. The third-order valence-corrected chi connectivity index (χ3v) is 3.27. The van der Waals surface area contributed by atoms with Crippen LogP contribution in [0.4, 0.5) is 30.5 Å². The molecule has 3 rings (SSSR count). The number of imidazole rings is 1. The van der Waals surface area contributed by atoms with Crippen molar-refractivity contribution in [2.24, 2.45) is 0 Å². The van der Waals surface area contributed by atoms with Crippen molar-refractivity contribution in [1.29, 1.82) is 0 Å². The van der Waals surface area contributed by atoms with E-state index < -0.39 is 11.7 Å². The quantitative estimate of drug-likeness (QED) is 0.801. The molecule has 23 heavy (non-hydrogen) atoms. The van der Waals surface area contributed by atoms with Crippen molar-refractivity contribution in [3.05, 3.63) is 48.2 Å². The van der Waals surface area contributed by atoms with Crippen molar-refractivity contribution in [3.63, 3.8) is 0 Å². The van der Waals surface area contributed by atoms with Crippen LogP contribution in [0.15, 0.2) is 42.6 Å². The molecule has 0 fully saturated rings. The number of hydrogen-bond donors (Lipinski definition) is 1. The molecule has 1 aromatic carbocycles. The van der Waals surface area contributed by atoms with Gasteiger partial charge in [-0.15, -0.1) is 5.10 Å². The maximum atomic E-state index is 12.8. The summed E-state index contributed by atoms with van der Waals surface area (Å²) in [6, 6.07) is 8.60. The molecule has 2 aromatic heterocycles. The van der Waals surface area contributed by atoms with Gasteiger partial charge in [0.25, 0.3) is 0 Å². The summed E-state index contributed by atoms with van der Waals surface area (Å²) in [6.07, 6.45) is -2.85. The maximum Gasteiger partial charge on any atom is 0.416 e. The summed E-state index contributed by atoms with van der Waals surface area (Å²) >= 11 is 0. The van der Waals surface area contributed by atoms with Crippen LogP contribution in [-0.2, 0) is 6.18 Å². The second-order valence-corrected chi connectivity index (χ2v) is 5.20. The molecule has 0 aliphatic carbocycles. The fraction of sp³-hybridized carbons (Fsp3) is 0.200. The van der Waals surface area contributed by atoms with Crippen LogP contribution in [0, 0.1) is 0 Å². The molecule has 5 nitrogen and oxygen atoms in total. The molecule has 0 radical (unpaired) electrons. The second kappa shape index (κ2) is 5.45. The standard InChI is InChI=1S/C15H14F3N5/c1-22(2)13-7-6-12-19-9-14(23(12)21-13)20-11-5-3-4-10(8-11)15(16,17)18/h3-9,20H,1-2H3. The van der Waals surface area contributed by atoms with E-state index in [2.05, 4.69) is 15.4 Å². The number of anilines is 3. The molecule has 0 bridgehead atoms. The minimum atomic E-state index is -4.38. The predicted molar refractivity (Wildman–Crippen MR) is 82.0 cm³/mol. The number of fused-ring (bicyclic) bond motifs is 1. The van der Waals surface area contributed by atoms with Gasteiger partial charge >= 0.3 is 6.18 Å². The summed E-state index contributed by atoms with van der Waals surface area (Å²) in [5.41, 5.74) is 0.210. The van der Waals surface area contributed by atoms with Crippen molar-refractivity contribution in [3.8, 4) is 0 Å². The average molecular weight is 321 g/mol. The molecule has 0 aliphatic heterocycles. The molecule has 2 heterocycles. The van der Waals surface area contributed by atoms with E-state index in [-0.39, 0.29) is 0 Å². The van der Waals surface area contributed by atoms with Crippen LogP contribution in [0.25, 0.3) is 5.65 Å². The molecule has 1 N–H and O–H groups in total. The van der Waals surface area contributed by atoms with Crippen molar-refractivity contribution >= 4 is 23.0 Å². The van der Waals surface area contributed by atoms with Gasteiger partial charge in [-0.1, -0.05) is 6.07 Å². The Hall–Kier alpha value is -2.77. The molecule has 3 aromatic rings. The van der Waals surface area contributed by atoms with Crippen LogP contribution in [-0.4, -0.2) is 28.7 Å². The Kier molecular flexibility index (Phi) is 3.59. The van der Waals surface area contributed by atoms with Gasteiger partial charge in [-0.2, -0.15) is 17.7 Å². The van der Waals surface area contributed by atoms with Gasteiger partial charge in [0.2, 0.25) is 0 Å². The zero-order valence-electron chi connectivity index (χ0n) is 12.5. The topological polar surface area (TPSA) is 45.5 Å². The normalized spacial score (nSPS) is 11.7. The van der Waals surface area contributed by atoms with Crippen LogP contribution < -0.4 is 10.2 Å². The SMILES string of the molecule is CN(C)c1ccc2ncc(Nc3cccc(C(F)(F)F)c3)n2n1. The van der Waals surface area contributed by atoms with Gasteiger partial charge in [-0.05, 0) is 30.3 Å². The smallest absolute Gasteiger partial charge is 0.361 e. The van der Waals surface area contributed by atoms with Crippen molar-refractivity contribution < 1.29 is 13.2 Å². The number of nitrogens with zero attached hydrogens (tertiary/aromatic N) is 4. The first-order chi connectivity index (χ1) is 10.8. The lowest BCUT2D eigenvalue weighted by Crippen LogP contribution is -2.12. The van der Waals surface area contributed by atoms with Gasteiger partial charge in [0, 0.05) is 19.8 Å². The highest BCUT2D eigenvalue weighted by molar-refractivity contribution is 5.61. The molecule has 0 atom stereocenters. The summed E-state index contributed by atoms with van der Waals surface area (Å²) in [7, 11) is 3.70. The minimum Gasteiger partial charge on any atom is -0.361 e. The van der Waals surface area contributed by atoms with Gasteiger partial charge in [0.15, 0.2) is 11.5 Å². The summed E-state index contributed by atoms with van der Waals surface area (Å²) in [5.74, 6) is 1.20. The number of rotatable bonds is 3. The highest BCUT2D eigenvalue weighted by atomic mass is 19.4. The van der Waals surface area contributed by atoms with Crippen LogP contribution in [0.1, 0.15) is 5.56 Å². The van der Waals surface area contributed by atoms with Gasteiger partial charge in [-0.25, -0.2) is 4.98 Å². The van der Waals surface area contributed by atoms with E-state index in [1.807, 2.05) is 25.1 Å². The zero-order valence-corrected chi connectivity index (χ0v) is 12.5. The van der Waals surface area contributed by atoms with E-state index in [0.717, 1.165) is 12.1 Å². The Balaban J connectivity index is 1.97. The Bertz CT molecular complexity index is 838. The van der Waals surface area contributed by atoms with E-state index in [9.17, 15) is 13.2 Å². The molecule has 0 amide bonds. The van der Waals surface area contributed by atoms with Gasteiger partial charge < -0.3 is 10.2 Å². The largest absolute Gasteiger partial charge is 0.416 e. The highest BCUT2D eigenvalue weighted by Crippen LogP contribution is 2.31.